The lowest BCUT2D eigenvalue weighted by Gasteiger charge is -2.24. The predicted molar refractivity (Wildman–Crippen MR) is 90.9 cm³/mol. The van der Waals surface area contributed by atoms with Crippen LogP contribution in [-0.4, -0.2) is 11.0 Å². The van der Waals surface area contributed by atoms with Crippen LogP contribution < -0.4 is 10.6 Å². The second kappa shape index (κ2) is 5.72. The summed E-state index contributed by atoms with van der Waals surface area (Å²) in [6, 6.07) is 10.8. The average molecular weight is 323 g/mol. The number of rotatable bonds is 5. The molecule has 2 nitrogen and oxygen atoms in total. The molecule has 1 heterocycles. The molecule has 104 valence electrons. The number of halogens is 1. The number of nitrogens with two attached hydrogens (primary N) is 1. The van der Waals surface area contributed by atoms with Crippen LogP contribution in [0, 0.1) is 0 Å². The summed E-state index contributed by atoms with van der Waals surface area (Å²) in [4.78, 5) is 4.13. The molecule has 1 saturated carbocycles. The van der Waals surface area contributed by atoms with Gasteiger partial charge in [0.1, 0.15) is 4.99 Å². The predicted octanol–water partition coefficient (Wildman–Crippen LogP) is 4.20. The van der Waals surface area contributed by atoms with Gasteiger partial charge in [-0.3, -0.25) is 0 Å². The molecule has 0 unspecified atom stereocenters. The highest BCUT2D eigenvalue weighted by molar-refractivity contribution is 7.80. The smallest absolute Gasteiger partial charge is 0.105 e. The topological polar surface area (TPSA) is 29.3 Å². The normalized spacial score (nSPS) is 14.2. The second-order valence-electron chi connectivity index (χ2n) is 4.97. The van der Waals surface area contributed by atoms with E-state index < -0.39 is 0 Å². The minimum Gasteiger partial charge on any atom is -0.389 e. The summed E-state index contributed by atoms with van der Waals surface area (Å²) in [7, 11) is 0. The molecule has 0 spiro atoms. The van der Waals surface area contributed by atoms with Gasteiger partial charge in [0.05, 0.1) is 11.6 Å². The number of thiocarbonyl (C=S) groups is 1. The van der Waals surface area contributed by atoms with Crippen LogP contribution in [0.4, 0.5) is 5.69 Å². The van der Waals surface area contributed by atoms with Gasteiger partial charge in [0.2, 0.25) is 0 Å². The maximum absolute atomic E-state index is 6.28. The minimum absolute atomic E-state index is 0.345. The third-order valence-corrected chi connectivity index (χ3v) is 4.84. The first-order valence-corrected chi connectivity index (χ1v) is 8.20. The Morgan fingerprint density at radius 2 is 2.20 bits per heavy atom. The van der Waals surface area contributed by atoms with Crippen molar-refractivity contribution in [2.24, 2.45) is 5.73 Å². The van der Waals surface area contributed by atoms with E-state index in [1.807, 2.05) is 12.1 Å². The molecule has 2 N–H and O–H groups in total. The van der Waals surface area contributed by atoms with Crippen molar-refractivity contribution in [2.45, 2.75) is 25.4 Å². The van der Waals surface area contributed by atoms with Gasteiger partial charge in [0.25, 0.3) is 0 Å². The maximum Gasteiger partial charge on any atom is 0.105 e. The van der Waals surface area contributed by atoms with Gasteiger partial charge in [-0.15, -0.1) is 11.3 Å². The lowest BCUT2D eigenvalue weighted by atomic mass is 10.2. The van der Waals surface area contributed by atoms with Crippen LogP contribution in [0.3, 0.4) is 0 Å². The van der Waals surface area contributed by atoms with E-state index in [0.29, 0.717) is 16.1 Å². The molecule has 2 aromatic rings. The summed E-state index contributed by atoms with van der Waals surface area (Å²) in [5.74, 6) is 0. The zero-order valence-electron chi connectivity index (χ0n) is 10.9. The molecule has 1 aliphatic carbocycles. The van der Waals surface area contributed by atoms with Crippen molar-refractivity contribution in [2.75, 3.05) is 4.90 Å². The number of nitrogens with zero attached hydrogens (tertiary/aromatic N) is 1. The van der Waals surface area contributed by atoms with Crippen molar-refractivity contribution in [3.05, 3.63) is 51.2 Å². The monoisotopic (exact) mass is 322 g/mol. The van der Waals surface area contributed by atoms with Crippen molar-refractivity contribution in [3.8, 4) is 0 Å². The molecule has 0 atom stereocenters. The van der Waals surface area contributed by atoms with Gasteiger partial charge in [-0.1, -0.05) is 29.9 Å². The second-order valence-corrected chi connectivity index (χ2v) is 6.85. The highest BCUT2D eigenvalue weighted by atomic mass is 35.5. The zero-order valence-corrected chi connectivity index (χ0v) is 13.3. The van der Waals surface area contributed by atoms with Crippen molar-refractivity contribution < 1.29 is 0 Å². The van der Waals surface area contributed by atoms with Gasteiger partial charge in [0.15, 0.2) is 0 Å². The number of benzene rings is 1. The number of anilines is 1. The maximum atomic E-state index is 6.28. The molecule has 1 aromatic heterocycles. The number of hydrogen-bond donors (Lipinski definition) is 1. The quantitative estimate of drug-likeness (QED) is 0.836. The van der Waals surface area contributed by atoms with Crippen LogP contribution in [-0.2, 0) is 6.54 Å². The SMILES string of the molecule is NC(=S)c1ccc(N(Cc2cccs2)C2CC2)cc1Cl. The van der Waals surface area contributed by atoms with Crippen LogP contribution in [0.25, 0.3) is 0 Å². The van der Waals surface area contributed by atoms with Crippen LogP contribution >= 0.6 is 35.2 Å². The molecule has 0 radical (unpaired) electrons. The zero-order chi connectivity index (χ0) is 14.1. The van der Waals surface area contributed by atoms with E-state index in [2.05, 4.69) is 28.5 Å². The first-order valence-electron chi connectivity index (χ1n) is 6.53. The summed E-state index contributed by atoms with van der Waals surface area (Å²) in [6.45, 7) is 0.936. The van der Waals surface area contributed by atoms with Gasteiger partial charge in [0, 0.05) is 22.2 Å². The fraction of sp³-hybridized carbons (Fsp3) is 0.267. The Morgan fingerprint density at radius 3 is 2.75 bits per heavy atom. The lowest BCUT2D eigenvalue weighted by molar-refractivity contribution is 0.803. The molecule has 1 fully saturated rings. The lowest BCUT2D eigenvalue weighted by Crippen LogP contribution is -2.24. The first-order chi connectivity index (χ1) is 9.65. The standard InChI is InChI=1S/C15H15ClN2S2/c16-14-8-11(5-6-13(14)15(17)19)18(10-3-4-10)9-12-2-1-7-20-12/h1-2,5-8,10H,3-4,9H2,(H2,17,19). The summed E-state index contributed by atoms with van der Waals surface area (Å²) < 4.78 is 0. The van der Waals surface area contributed by atoms with Crippen LogP contribution in [0.2, 0.25) is 5.02 Å². The summed E-state index contributed by atoms with van der Waals surface area (Å²) in [5, 5.41) is 2.75. The van der Waals surface area contributed by atoms with Crippen molar-refractivity contribution >= 4 is 45.8 Å². The average Bonchev–Trinajstić information content (AvgIpc) is 3.12. The highest BCUT2D eigenvalue weighted by Crippen LogP contribution is 2.35. The Morgan fingerprint density at radius 1 is 1.40 bits per heavy atom. The fourth-order valence-electron chi connectivity index (χ4n) is 2.27. The molecular formula is C15H15ClN2S2. The van der Waals surface area contributed by atoms with E-state index in [1.165, 1.54) is 17.7 Å². The Labute approximate surface area is 133 Å². The van der Waals surface area contributed by atoms with Gasteiger partial charge < -0.3 is 10.6 Å². The largest absolute Gasteiger partial charge is 0.389 e. The summed E-state index contributed by atoms with van der Waals surface area (Å²) in [6.07, 6.45) is 2.50. The van der Waals surface area contributed by atoms with Gasteiger partial charge in [-0.05, 0) is 42.5 Å². The molecule has 0 bridgehead atoms. The molecule has 1 aliphatic rings. The first kappa shape index (κ1) is 13.9. The molecule has 0 aliphatic heterocycles. The van der Waals surface area contributed by atoms with E-state index in [4.69, 9.17) is 29.6 Å². The fourth-order valence-corrected chi connectivity index (χ4v) is 3.48. The van der Waals surface area contributed by atoms with Crippen molar-refractivity contribution in [3.63, 3.8) is 0 Å². The molecule has 20 heavy (non-hydrogen) atoms. The molecule has 3 rings (SSSR count). The summed E-state index contributed by atoms with van der Waals surface area (Å²) in [5.41, 5.74) is 7.55. The Balaban J connectivity index is 1.88. The third kappa shape index (κ3) is 2.97. The Bertz CT molecular complexity index is 621. The van der Waals surface area contributed by atoms with E-state index in [0.717, 1.165) is 17.8 Å². The third-order valence-electron chi connectivity index (χ3n) is 3.44. The number of hydrogen-bond acceptors (Lipinski definition) is 3. The van der Waals surface area contributed by atoms with Gasteiger partial charge >= 0.3 is 0 Å². The minimum atomic E-state index is 0.345. The molecule has 0 saturated heterocycles. The van der Waals surface area contributed by atoms with Crippen LogP contribution in [0.1, 0.15) is 23.3 Å². The van der Waals surface area contributed by atoms with Crippen LogP contribution in [0.5, 0.6) is 0 Å². The summed E-state index contributed by atoms with van der Waals surface area (Å²) >= 11 is 13.1. The van der Waals surface area contributed by atoms with Gasteiger partial charge in [-0.25, -0.2) is 0 Å². The highest BCUT2D eigenvalue weighted by Gasteiger charge is 2.29. The van der Waals surface area contributed by atoms with Crippen molar-refractivity contribution in [1.29, 1.82) is 0 Å². The molecule has 0 amide bonds. The Kier molecular flexibility index (Phi) is 3.96. The molecule has 5 heteroatoms. The van der Waals surface area contributed by atoms with E-state index in [9.17, 15) is 0 Å². The Hall–Kier alpha value is -1.10. The molecule has 1 aromatic carbocycles. The molecular weight excluding hydrogens is 308 g/mol. The van der Waals surface area contributed by atoms with Crippen LogP contribution in [0.15, 0.2) is 35.7 Å². The van der Waals surface area contributed by atoms with E-state index >= 15 is 0 Å². The van der Waals surface area contributed by atoms with Crippen molar-refractivity contribution in [1.82, 2.24) is 0 Å². The number of thiophene rings is 1. The van der Waals surface area contributed by atoms with Gasteiger partial charge in [-0.2, -0.15) is 0 Å². The van der Waals surface area contributed by atoms with E-state index in [1.54, 1.807) is 11.3 Å². The van der Waals surface area contributed by atoms with E-state index in [-0.39, 0.29) is 0 Å².